The van der Waals surface area contributed by atoms with Crippen LogP contribution in [0.2, 0.25) is 0 Å². The molecule has 3 nitrogen and oxygen atoms in total. The van der Waals surface area contributed by atoms with Gasteiger partial charge in [-0.3, -0.25) is 0 Å². The monoisotopic (exact) mass is 306 g/mol. The second-order valence-electron chi connectivity index (χ2n) is 4.73. The van der Waals surface area contributed by atoms with E-state index >= 15 is 0 Å². The Kier molecular flexibility index (Phi) is 22.0. The number of ether oxygens (including phenoxy) is 1. The van der Waals surface area contributed by atoms with E-state index in [1.807, 2.05) is 30.3 Å². The number of rotatable bonds is 10. The van der Waals surface area contributed by atoms with Crippen molar-refractivity contribution >= 4 is 0 Å². The Bertz CT molecular complexity index is 284. The first kappa shape index (κ1) is 23.2. The summed E-state index contributed by atoms with van der Waals surface area (Å²) in [6, 6.07) is 10.1. The number of para-hydroxylation sites is 1. The van der Waals surface area contributed by atoms with Crippen LogP contribution in [0.15, 0.2) is 30.3 Å². The average molecular weight is 306 g/mol. The standard InChI is InChI=1S/C15H24O.C2H6O2.Na.H/c1-2-3-4-5-6-7-11-14-16-15-12-9-8-10-13-15;3-1-2-4;;/h8-10,12-13H,2-7,11,14H2,1H3;3-4H,1-2H2;;/q;;+1;-1. The van der Waals surface area contributed by atoms with E-state index in [9.17, 15) is 0 Å². The minimum atomic E-state index is -0.125. The van der Waals surface area contributed by atoms with Crippen LogP contribution in [0.3, 0.4) is 0 Å². The molecule has 0 aliphatic heterocycles. The number of benzene rings is 1. The van der Waals surface area contributed by atoms with Crippen LogP contribution in [0.25, 0.3) is 0 Å². The summed E-state index contributed by atoms with van der Waals surface area (Å²) >= 11 is 0. The summed E-state index contributed by atoms with van der Waals surface area (Å²) in [5, 5.41) is 15.2. The van der Waals surface area contributed by atoms with Crippen LogP contribution in [-0.2, 0) is 0 Å². The van der Waals surface area contributed by atoms with Crippen molar-refractivity contribution in [3.63, 3.8) is 0 Å². The second-order valence-corrected chi connectivity index (χ2v) is 4.73. The summed E-state index contributed by atoms with van der Waals surface area (Å²) in [6.45, 7) is 2.87. The molecule has 0 amide bonds. The van der Waals surface area contributed by atoms with Gasteiger partial charge in [-0.2, -0.15) is 0 Å². The van der Waals surface area contributed by atoms with Crippen molar-refractivity contribution in [3.05, 3.63) is 30.3 Å². The van der Waals surface area contributed by atoms with E-state index in [2.05, 4.69) is 6.92 Å². The Hall–Kier alpha value is -0.0600. The third kappa shape index (κ3) is 17.9. The molecule has 0 fully saturated rings. The molecule has 0 saturated heterocycles. The van der Waals surface area contributed by atoms with Crippen LogP contribution in [0.4, 0.5) is 0 Å². The topological polar surface area (TPSA) is 49.7 Å². The van der Waals surface area contributed by atoms with Crippen molar-refractivity contribution in [3.8, 4) is 5.75 Å². The summed E-state index contributed by atoms with van der Waals surface area (Å²) in [7, 11) is 0. The predicted octanol–water partition coefficient (Wildman–Crippen LogP) is 0.903. The van der Waals surface area contributed by atoms with Gasteiger partial charge >= 0.3 is 29.6 Å². The molecule has 2 N–H and O–H groups in total. The normalized spacial score (nSPS) is 9.29. The Balaban J connectivity index is -0.000000538. The molecule has 0 spiro atoms. The molecule has 0 aromatic heterocycles. The first-order valence-electron chi connectivity index (χ1n) is 7.74. The molecule has 0 aliphatic carbocycles. The fourth-order valence-corrected chi connectivity index (χ4v) is 1.77. The van der Waals surface area contributed by atoms with Crippen molar-refractivity contribution < 1.29 is 45.9 Å². The number of unbranched alkanes of at least 4 members (excludes halogenated alkanes) is 6. The number of aliphatic hydroxyl groups is 2. The van der Waals surface area contributed by atoms with Crippen LogP contribution in [0.1, 0.15) is 53.3 Å². The minimum absolute atomic E-state index is 0. The third-order valence-electron chi connectivity index (χ3n) is 2.86. The maximum atomic E-state index is 7.62. The molecular weight excluding hydrogens is 275 g/mol. The summed E-state index contributed by atoms with van der Waals surface area (Å²) in [5.74, 6) is 0.994. The zero-order chi connectivity index (χ0) is 14.9. The molecule has 0 radical (unpaired) electrons. The smallest absolute Gasteiger partial charge is 1.00 e. The quantitative estimate of drug-likeness (QED) is 0.499. The van der Waals surface area contributed by atoms with Gasteiger partial charge in [-0.05, 0) is 18.6 Å². The number of hydrogen-bond donors (Lipinski definition) is 2. The zero-order valence-corrected chi connectivity index (χ0v) is 15.8. The van der Waals surface area contributed by atoms with Crippen LogP contribution in [0.5, 0.6) is 5.75 Å². The number of aliphatic hydroxyl groups excluding tert-OH is 2. The molecule has 4 heteroatoms. The second kappa shape index (κ2) is 19.9. The fraction of sp³-hybridized carbons (Fsp3) is 0.647. The number of hydrogen-bond acceptors (Lipinski definition) is 3. The van der Waals surface area contributed by atoms with Gasteiger partial charge in [-0.25, -0.2) is 0 Å². The van der Waals surface area contributed by atoms with Crippen molar-refractivity contribution in [1.29, 1.82) is 0 Å². The van der Waals surface area contributed by atoms with Gasteiger partial charge in [0.05, 0.1) is 19.8 Å². The van der Waals surface area contributed by atoms with Gasteiger partial charge in [-0.1, -0.05) is 63.6 Å². The first-order chi connectivity index (χ1) is 9.85. The summed E-state index contributed by atoms with van der Waals surface area (Å²) in [4.78, 5) is 0. The van der Waals surface area contributed by atoms with Crippen molar-refractivity contribution in [1.82, 2.24) is 0 Å². The molecule has 118 valence electrons. The Morgan fingerprint density at radius 1 is 0.857 bits per heavy atom. The molecule has 21 heavy (non-hydrogen) atoms. The summed E-state index contributed by atoms with van der Waals surface area (Å²) < 4.78 is 5.63. The molecule has 0 saturated carbocycles. The largest absolute Gasteiger partial charge is 1.00 e. The van der Waals surface area contributed by atoms with E-state index in [1.54, 1.807) is 0 Å². The van der Waals surface area contributed by atoms with Crippen molar-refractivity contribution in [2.75, 3.05) is 19.8 Å². The van der Waals surface area contributed by atoms with E-state index in [4.69, 9.17) is 14.9 Å². The van der Waals surface area contributed by atoms with Crippen LogP contribution in [0, 0.1) is 0 Å². The van der Waals surface area contributed by atoms with Gasteiger partial charge in [0.1, 0.15) is 5.75 Å². The molecule has 1 aromatic rings. The van der Waals surface area contributed by atoms with Gasteiger partial charge in [0.2, 0.25) is 0 Å². The zero-order valence-electron chi connectivity index (χ0n) is 14.8. The molecular formula is C17H31NaO3. The molecule has 0 atom stereocenters. The average Bonchev–Trinajstić information content (AvgIpc) is 2.51. The molecule has 0 unspecified atom stereocenters. The molecule has 1 aromatic carbocycles. The minimum Gasteiger partial charge on any atom is -1.00 e. The molecule has 0 aliphatic rings. The van der Waals surface area contributed by atoms with E-state index in [0.717, 1.165) is 12.4 Å². The van der Waals surface area contributed by atoms with Gasteiger partial charge in [0, 0.05) is 0 Å². The third-order valence-corrected chi connectivity index (χ3v) is 2.86. The van der Waals surface area contributed by atoms with E-state index in [-0.39, 0.29) is 44.2 Å². The Morgan fingerprint density at radius 3 is 1.90 bits per heavy atom. The predicted molar refractivity (Wildman–Crippen MR) is 85.2 cm³/mol. The van der Waals surface area contributed by atoms with Crippen LogP contribution in [-0.4, -0.2) is 30.0 Å². The van der Waals surface area contributed by atoms with E-state index < -0.39 is 0 Å². The SMILES string of the molecule is CCCCCCCCCOc1ccccc1.OCCO.[H-].[Na+]. The maximum absolute atomic E-state index is 7.62. The van der Waals surface area contributed by atoms with E-state index in [1.165, 1.54) is 44.9 Å². The van der Waals surface area contributed by atoms with Crippen molar-refractivity contribution in [2.24, 2.45) is 0 Å². The van der Waals surface area contributed by atoms with Crippen LogP contribution >= 0.6 is 0 Å². The Labute approximate surface area is 153 Å². The van der Waals surface area contributed by atoms with Gasteiger partial charge in [-0.15, -0.1) is 0 Å². The fourth-order valence-electron chi connectivity index (χ4n) is 1.77. The maximum Gasteiger partial charge on any atom is 1.00 e. The summed E-state index contributed by atoms with van der Waals surface area (Å²) in [5.41, 5.74) is 0. The molecule has 1 rings (SSSR count). The van der Waals surface area contributed by atoms with Gasteiger partial charge < -0.3 is 16.4 Å². The van der Waals surface area contributed by atoms with Gasteiger partial charge in [0.25, 0.3) is 0 Å². The Morgan fingerprint density at radius 2 is 1.38 bits per heavy atom. The molecule has 0 bridgehead atoms. The van der Waals surface area contributed by atoms with E-state index in [0.29, 0.717) is 0 Å². The summed E-state index contributed by atoms with van der Waals surface area (Å²) in [6.07, 6.45) is 9.35. The molecule has 0 heterocycles. The van der Waals surface area contributed by atoms with Crippen LogP contribution < -0.4 is 34.3 Å². The van der Waals surface area contributed by atoms with Crippen molar-refractivity contribution in [2.45, 2.75) is 51.9 Å². The van der Waals surface area contributed by atoms with Gasteiger partial charge in [0.15, 0.2) is 0 Å². The first-order valence-corrected chi connectivity index (χ1v) is 7.74.